The van der Waals surface area contributed by atoms with Crippen molar-refractivity contribution in [1.29, 1.82) is 0 Å². The molecule has 3 aromatic rings. The molecule has 2 unspecified atom stereocenters. The minimum atomic E-state index is -0.457. The quantitative estimate of drug-likeness (QED) is 0.598. The van der Waals surface area contributed by atoms with E-state index in [0.29, 0.717) is 30.9 Å². The Balaban J connectivity index is 1.26. The van der Waals surface area contributed by atoms with Crippen molar-refractivity contribution in [1.82, 2.24) is 25.4 Å². The summed E-state index contributed by atoms with van der Waals surface area (Å²) in [5.74, 6) is -1.69. The average molecular weight is 455 g/mol. The number of aryl methyl sites for hydroxylation is 1. The largest absolute Gasteiger partial charge is 0.366 e. The molecule has 2 bridgehead atoms. The van der Waals surface area contributed by atoms with Crippen LogP contribution in [0.3, 0.4) is 0 Å². The van der Waals surface area contributed by atoms with E-state index in [2.05, 4.69) is 20.8 Å². The maximum absolute atomic E-state index is 15.0. The Kier molecular flexibility index (Phi) is 5.74. The number of amides is 1. The molecule has 0 saturated carbocycles. The summed E-state index contributed by atoms with van der Waals surface area (Å²) in [6.45, 7) is 6.06. The van der Waals surface area contributed by atoms with Gasteiger partial charge in [0.05, 0.1) is 5.69 Å². The highest BCUT2D eigenvalue weighted by molar-refractivity contribution is 5.95. The maximum atomic E-state index is 15.0. The van der Waals surface area contributed by atoms with Gasteiger partial charge in [-0.15, -0.1) is 10.2 Å². The van der Waals surface area contributed by atoms with Gasteiger partial charge >= 0.3 is 0 Å². The second-order valence-corrected chi connectivity index (χ2v) is 9.09. The Hall–Kier alpha value is -3.07. The number of halogens is 2. The van der Waals surface area contributed by atoms with Gasteiger partial charge in [-0.1, -0.05) is 6.92 Å². The first-order chi connectivity index (χ1) is 15.9. The summed E-state index contributed by atoms with van der Waals surface area (Å²) in [7, 11) is 0. The fourth-order valence-electron chi connectivity index (χ4n) is 4.96. The summed E-state index contributed by atoms with van der Waals surface area (Å²) in [4.78, 5) is 14.5. The minimum absolute atomic E-state index is 0.155. The van der Waals surface area contributed by atoms with Gasteiger partial charge in [0.1, 0.15) is 11.6 Å². The Morgan fingerprint density at radius 2 is 1.94 bits per heavy atom. The number of fused-ring (bicyclic) bond motifs is 3. The average Bonchev–Trinajstić information content (AvgIpc) is 3.39. The Bertz CT molecular complexity index is 1180. The molecule has 5 rings (SSSR count). The molecule has 2 aromatic heterocycles. The van der Waals surface area contributed by atoms with Crippen molar-refractivity contribution in [3.63, 3.8) is 0 Å². The molecule has 9 heteroatoms. The molecule has 2 saturated heterocycles. The van der Waals surface area contributed by atoms with E-state index in [4.69, 9.17) is 0 Å². The zero-order chi connectivity index (χ0) is 23.1. The normalized spacial score (nSPS) is 20.9. The van der Waals surface area contributed by atoms with Crippen LogP contribution in [-0.2, 0) is 6.54 Å². The number of carbonyl (C=O) groups excluding carboxylic acids is 1. The predicted octanol–water partition coefficient (Wildman–Crippen LogP) is 3.20. The van der Waals surface area contributed by atoms with Gasteiger partial charge in [0.25, 0.3) is 5.91 Å². The van der Waals surface area contributed by atoms with Crippen LogP contribution in [0, 0.1) is 11.6 Å². The van der Waals surface area contributed by atoms with Crippen LogP contribution in [0.1, 0.15) is 48.7 Å². The van der Waals surface area contributed by atoms with Crippen LogP contribution in [0.2, 0.25) is 0 Å². The summed E-state index contributed by atoms with van der Waals surface area (Å²) < 4.78 is 31.9. The highest BCUT2D eigenvalue weighted by Crippen LogP contribution is 2.31. The highest BCUT2D eigenvalue weighted by Gasteiger charge is 2.33. The first-order valence-electron chi connectivity index (χ1n) is 11.5. The minimum Gasteiger partial charge on any atom is -0.366 e. The summed E-state index contributed by atoms with van der Waals surface area (Å²) in [5, 5.41) is 15.3. The molecule has 2 fully saturated rings. The van der Waals surface area contributed by atoms with E-state index >= 15 is 0 Å². The molecule has 0 spiro atoms. The Morgan fingerprint density at radius 1 is 1.18 bits per heavy atom. The molecular formula is C24H28F2N6O. The summed E-state index contributed by atoms with van der Waals surface area (Å²) >= 11 is 0. The van der Waals surface area contributed by atoms with E-state index < -0.39 is 23.5 Å². The number of piperazine rings is 1. The van der Waals surface area contributed by atoms with E-state index in [1.54, 1.807) is 13.0 Å². The van der Waals surface area contributed by atoms with Crippen LogP contribution in [0.4, 0.5) is 14.5 Å². The number of carbonyl (C=O) groups is 1. The van der Waals surface area contributed by atoms with Gasteiger partial charge in [-0.25, -0.2) is 8.78 Å². The number of anilines is 1. The zero-order valence-electron chi connectivity index (χ0n) is 18.8. The molecule has 2 N–H and O–H groups in total. The number of benzene rings is 1. The van der Waals surface area contributed by atoms with Crippen LogP contribution in [0.25, 0.3) is 11.0 Å². The van der Waals surface area contributed by atoms with Crippen LogP contribution in [0.5, 0.6) is 0 Å². The van der Waals surface area contributed by atoms with E-state index in [9.17, 15) is 13.6 Å². The third-order valence-corrected chi connectivity index (χ3v) is 6.81. The number of aromatic nitrogens is 3. The molecule has 2 aliphatic rings. The number of nitrogens with zero attached hydrogens (tertiary/aromatic N) is 4. The molecule has 0 radical (unpaired) electrons. The third-order valence-electron chi connectivity index (χ3n) is 6.81. The number of hydrogen-bond donors (Lipinski definition) is 2. The fraction of sp³-hybridized carbons (Fsp3) is 0.458. The summed E-state index contributed by atoms with van der Waals surface area (Å²) in [6.07, 6.45) is 4.04. The van der Waals surface area contributed by atoms with E-state index in [-0.39, 0.29) is 17.8 Å². The van der Waals surface area contributed by atoms with Gasteiger partial charge < -0.3 is 20.1 Å². The first kappa shape index (κ1) is 21.8. The Labute approximate surface area is 191 Å². The van der Waals surface area contributed by atoms with Crippen molar-refractivity contribution < 1.29 is 13.6 Å². The van der Waals surface area contributed by atoms with Crippen molar-refractivity contribution in [2.45, 2.75) is 51.2 Å². The number of hydrogen-bond acceptors (Lipinski definition) is 5. The number of rotatable bonds is 6. The van der Waals surface area contributed by atoms with Crippen LogP contribution in [0.15, 0.2) is 30.5 Å². The highest BCUT2D eigenvalue weighted by atomic mass is 19.1. The van der Waals surface area contributed by atoms with Gasteiger partial charge in [0.15, 0.2) is 11.3 Å². The molecule has 4 heterocycles. The monoisotopic (exact) mass is 454 g/mol. The summed E-state index contributed by atoms with van der Waals surface area (Å²) in [6, 6.07) is 6.81. The molecular weight excluding hydrogens is 426 g/mol. The van der Waals surface area contributed by atoms with Crippen LogP contribution >= 0.6 is 0 Å². The molecule has 3 atom stereocenters. The van der Waals surface area contributed by atoms with E-state index in [1.807, 2.05) is 28.7 Å². The lowest BCUT2D eigenvalue weighted by molar-refractivity contribution is 0.0945. The van der Waals surface area contributed by atoms with Gasteiger partial charge in [0.2, 0.25) is 0 Å². The SMILES string of the molecule is CCn1ccc2cc(C(=O)NC[C@H](C)c3cc(F)c(N4CC5CCC(C4)N5)cc3F)nnc21. The second-order valence-electron chi connectivity index (χ2n) is 9.09. The molecule has 0 aliphatic carbocycles. The lowest BCUT2D eigenvalue weighted by Crippen LogP contribution is -2.51. The molecule has 33 heavy (non-hydrogen) atoms. The maximum Gasteiger partial charge on any atom is 0.271 e. The lowest BCUT2D eigenvalue weighted by atomic mass is 9.99. The standard InChI is InChI=1S/C24H28F2N6O/c1-3-31-7-6-15-8-21(29-30-23(15)31)24(33)27-11-14(2)18-9-20(26)22(10-19(18)25)32-12-16-4-5-17(13-32)28-16/h6-10,14,16-17,28H,3-5,11-13H2,1-2H3,(H,27,33)/t14-,16?,17?/m0/s1. The molecule has 1 amide bonds. The van der Waals surface area contributed by atoms with Crippen molar-refractivity contribution in [2.24, 2.45) is 0 Å². The van der Waals surface area contributed by atoms with Crippen molar-refractivity contribution in [2.75, 3.05) is 24.5 Å². The van der Waals surface area contributed by atoms with Crippen LogP contribution < -0.4 is 15.5 Å². The van der Waals surface area contributed by atoms with E-state index in [0.717, 1.165) is 30.4 Å². The topological polar surface area (TPSA) is 75.1 Å². The van der Waals surface area contributed by atoms with Crippen molar-refractivity contribution >= 4 is 22.6 Å². The van der Waals surface area contributed by atoms with Gasteiger partial charge in [-0.05, 0) is 43.5 Å². The molecule has 1 aromatic carbocycles. The second kappa shape index (κ2) is 8.70. The summed E-state index contributed by atoms with van der Waals surface area (Å²) in [5.41, 5.74) is 1.47. The fourth-order valence-corrected chi connectivity index (χ4v) is 4.96. The number of nitrogens with one attached hydrogen (secondary N) is 2. The Morgan fingerprint density at radius 3 is 2.67 bits per heavy atom. The smallest absolute Gasteiger partial charge is 0.271 e. The van der Waals surface area contributed by atoms with Gasteiger partial charge in [-0.3, -0.25) is 4.79 Å². The lowest BCUT2D eigenvalue weighted by Gasteiger charge is -2.35. The van der Waals surface area contributed by atoms with E-state index in [1.165, 1.54) is 12.1 Å². The zero-order valence-corrected chi connectivity index (χ0v) is 18.8. The van der Waals surface area contributed by atoms with Crippen molar-refractivity contribution in [3.05, 3.63) is 53.4 Å². The van der Waals surface area contributed by atoms with Gasteiger partial charge in [-0.2, -0.15) is 0 Å². The predicted molar refractivity (Wildman–Crippen MR) is 122 cm³/mol. The van der Waals surface area contributed by atoms with Gasteiger partial charge in [0, 0.05) is 61.8 Å². The first-order valence-corrected chi connectivity index (χ1v) is 11.5. The molecule has 7 nitrogen and oxygen atoms in total. The third kappa shape index (κ3) is 4.17. The van der Waals surface area contributed by atoms with Crippen LogP contribution in [-0.4, -0.2) is 52.4 Å². The molecule has 174 valence electrons. The molecule has 2 aliphatic heterocycles. The van der Waals surface area contributed by atoms with Crippen molar-refractivity contribution in [3.8, 4) is 0 Å².